The van der Waals surface area contributed by atoms with Gasteiger partial charge in [0.2, 0.25) is 5.91 Å². The largest absolute Gasteiger partial charge is 0.508 e. The first kappa shape index (κ1) is 30.2. The molecule has 1 heterocycles. The van der Waals surface area contributed by atoms with E-state index in [1.165, 1.54) is 19.8 Å². The summed E-state index contributed by atoms with van der Waals surface area (Å²) in [6.07, 6.45) is 4.72. The lowest BCUT2D eigenvalue weighted by Gasteiger charge is -2.57. The molecule has 222 valence electrons. The van der Waals surface area contributed by atoms with Gasteiger partial charge in [-0.1, -0.05) is 55.2 Å². The number of carbonyl (C=O) groups is 2. The van der Waals surface area contributed by atoms with Gasteiger partial charge in [-0.05, 0) is 79.5 Å². The Balaban J connectivity index is 1.51. The van der Waals surface area contributed by atoms with E-state index in [2.05, 4.69) is 24.8 Å². The monoisotopic (exact) mass is 600 g/mol. The van der Waals surface area contributed by atoms with E-state index in [4.69, 9.17) is 27.9 Å². The van der Waals surface area contributed by atoms with Crippen LogP contribution in [0.3, 0.4) is 0 Å². The number of carbonyl (C=O) groups excluding carboxylic acids is 2. The number of benzene rings is 2. The predicted octanol–water partition coefficient (Wildman–Crippen LogP) is 6.49. The molecule has 0 aromatic heterocycles. The maximum absolute atomic E-state index is 14.0. The van der Waals surface area contributed by atoms with Crippen LogP contribution in [0.4, 0.5) is 0 Å². The van der Waals surface area contributed by atoms with Crippen LogP contribution in [-0.2, 0) is 26.2 Å². The summed E-state index contributed by atoms with van der Waals surface area (Å²) in [7, 11) is 0. The number of nitrogens with zero attached hydrogens (tertiary/aromatic N) is 2. The Morgan fingerprint density at radius 1 is 1.15 bits per heavy atom. The first-order valence-corrected chi connectivity index (χ1v) is 15.7. The van der Waals surface area contributed by atoms with E-state index in [-0.39, 0.29) is 53.4 Å². The third-order valence-electron chi connectivity index (χ3n) is 9.21. The number of rotatable bonds is 9. The van der Waals surface area contributed by atoms with E-state index < -0.39 is 0 Å². The summed E-state index contributed by atoms with van der Waals surface area (Å²) in [5.74, 6) is 1.07. The molecule has 8 heteroatoms. The highest BCUT2D eigenvalue weighted by Crippen LogP contribution is 2.52. The molecule has 2 aliphatic carbocycles. The van der Waals surface area contributed by atoms with E-state index in [1.807, 2.05) is 23.1 Å². The molecule has 1 aliphatic heterocycles. The standard InChI is InChI=1S/C33H42Cl2N2O4/c1-21(2)18-37(32(40)14-24-9-10-29(34)30(35)13-24)26-16-31(41-22(3)38)28-20-36(19-23-7-8-23)12-11-33(28,17-26)25-5-4-6-27(39)15-25/h4-6,9-10,13,15,21,23,26,28,31,39H,7-8,11-12,14,16-20H2,1-3H3/t26-,28+,31?,33+/m1/s1. The lowest BCUT2D eigenvalue weighted by molar-refractivity contribution is -0.161. The number of fused-ring (bicyclic) bond motifs is 1. The van der Waals surface area contributed by atoms with Crippen molar-refractivity contribution in [3.63, 3.8) is 0 Å². The zero-order valence-electron chi connectivity index (χ0n) is 24.3. The Bertz CT molecular complexity index is 1270. The van der Waals surface area contributed by atoms with Gasteiger partial charge in [-0.25, -0.2) is 0 Å². The minimum Gasteiger partial charge on any atom is -0.508 e. The number of phenolic OH excluding ortho intramolecular Hbond substituents is 1. The van der Waals surface area contributed by atoms with Gasteiger partial charge in [-0.3, -0.25) is 9.59 Å². The number of aromatic hydroxyl groups is 1. The molecular formula is C33H42Cl2N2O4. The fraction of sp³-hybridized carbons (Fsp3) is 0.576. The molecule has 2 saturated carbocycles. The van der Waals surface area contributed by atoms with Crippen molar-refractivity contribution in [1.82, 2.24) is 9.80 Å². The van der Waals surface area contributed by atoms with Gasteiger partial charge < -0.3 is 19.6 Å². The molecule has 2 aromatic carbocycles. The molecular weight excluding hydrogens is 559 g/mol. The first-order chi connectivity index (χ1) is 19.5. The van der Waals surface area contributed by atoms with Gasteiger partial charge in [0.1, 0.15) is 11.9 Å². The highest BCUT2D eigenvalue weighted by molar-refractivity contribution is 6.42. The van der Waals surface area contributed by atoms with Crippen molar-refractivity contribution in [3.8, 4) is 5.75 Å². The van der Waals surface area contributed by atoms with E-state index >= 15 is 0 Å². The molecule has 2 aromatic rings. The number of esters is 1. The third-order valence-corrected chi connectivity index (χ3v) is 9.94. The summed E-state index contributed by atoms with van der Waals surface area (Å²) in [6.45, 7) is 9.20. The van der Waals surface area contributed by atoms with Gasteiger partial charge in [-0.2, -0.15) is 0 Å². The second kappa shape index (κ2) is 12.5. The number of hydrogen-bond acceptors (Lipinski definition) is 5. The smallest absolute Gasteiger partial charge is 0.302 e. The highest BCUT2D eigenvalue weighted by Gasteiger charge is 2.55. The van der Waals surface area contributed by atoms with Crippen molar-refractivity contribution in [1.29, 1.82) is 0 Å². The molecule has 1 amide bonds. The van der Waals surface area contributed by atoms with E-state index in [9.17, 15) is 14.7 Å². The number of phenols is 1. The number of piperidine rings is 1. The van der Waals surface area contributed by atoms with Crippen LogP contribution in [-0.4, -0.2) is 65.1 Å². The van der Waals surface area contributed by atoms with Gasteiger partial charge >= 0.3 is 5.97 Å². The molecule has 1 saturated heterocycles. The maximum atomic E-state index is 14.0. The summed E-state index contributed by atoms with van der Waals surface area (Å²) >= 11 is 12.4. The normalized spacial score (nSPS) is 26.4. The van der Waals surface area contributed by atoms with Crippen LogP contribution in [0.5, 0.6) is 5.75 Å². The molecule has 4 atom stereocenters. The lowest BCUT2D eigenvalue weighted by Crippen LogP contribution is -2.62. The summed E-state index contributed by atoms with van der Waals surface area (Å²) in [6, 6.07) is 12.8. The van der Waals surface area contributed by atoms with E-state index in [0.29, 0.717) is 23.0 Å². The number of likely N-dealkylation sites (tertiary alicyclic amines) is 1. The van der Waals surface area contributed by atoms with Crippen molar-refractivity contribution in [3.05, 3.63) is 63.6 Å². The molecule has 6 nitrogen and oxygen atoms in total. The summed E-state index contributed by atoms with van der Waals surface area (Å²) < 4.78 is 6.12. The maximum Gasteiger partial charge on any atom is 0.302 e. The average Bonchev–Trinajstić information content (AvgIpc) is 3.73. The molecule has 41 heavy (non-hydrogen) atoms. The Hall–Kier alpha value is -2.28. The van der Waals surface area contributed by atoms with E-state index in [0.717, 1.165) is 49.5 Å². The Labute approximate surface area is 253 Å². The zero-order valence-corrected chi connectivity index (χ0v) is 25.8. The summed E-state index contributed by atoms with van der Waals surface area (Å²) in [5, 5.41) is 11.4. The van der Waals surface area contributed by atoms with Gasteiger partial charge in [0.15, 0.2) is 0 Å². The fourth-order valence-corrected chi connectivity index (χ4v) is 7.55. The van der Waals surface area contributed by atoms with Crippen molar-refractivity contribution in [2.24, 2.45) is 17.8 Å². The van der Waals surface area contributed by atoms with Crippen LogP contribution in [0.2, 0.25) is 10.0 Å². The van der Waals surface area contributed by atoms with Crippen LogP contribution >= 0.6 is 23.2 Å². The molecule has 5 rings (SSSR count). The first-order valence-electron chi connectivity index (χ1n) is 15.0. The number of hydrogen-bond donors (Lipinski definition) is 1. The Morgan fingerprint density at radius 3 is 2.59 bits per heavy atom. The molecule has 3 fully saturated rings. The molecule has 0 spiro atoms. The third kappa shape index (κ3) is 7.03. The van der Waals surface area contributed by atoms with Gasteiger partial charge in [0.25, 0.3) is 0 Å². The quantitative estimate of drug-likeness (QED) is 0.333. The van der Waals surface area contributed by atoms with Crippen molar-refractivity contribution in [2.45, 2.75) is 76.9 Å². The number of halogens is 2. The van der Waals surface area contributed by atoms with Crippen molar-refractivity contribution >= 4 is 35.1 Å². The lowest BCUT2D eigenvalue weighted by atomic mass is 9.56. The van der Waals surface area contributed by atoms with Crippen LogP contribution < -0.4 is 0 Å². The SMILES string of the molecule is CC(=O)OC1C[C@@H](N(CC(C)C)C(=O)Cc2ccc(Cl)c(Cl)c2)C[C@]2(c3cccc(O)c3)CCN(CC3CC3)C[C@@H]12. The average molecular weight is 602 g/mol. The van der Waals surface area contributed by atoms with E-state index in [1.54, 1.807) is 18.2 Å². The molecule has 0 radical (unpaired) electrons. The summed E-state index contributed by atoms with van der Waals surface area (Å²) in [5.41, 5.74) is 1.55. The molecule has 0 bridgehead atoms. The van der Waals surface area contributed by atoms with Crippen LogP contribution in [0.1, 0.15) is 64.0 Å². The van der Waals surface area contributed by atoms with Gasteiger partial charge in [0.05, 0.1) is 16.5 Å². The second-order valence-corrected chi connectivity index (χ2v) is 13.7. The highest BCUT2D eigenvalue weighted by atomic mass is 35.5. The van der Waals surface area contributed by atoms with Gasteiger partial charge in [0, 0.05) is 50.4 Å². The predicted molar refractivity (Wildman–Crippen MR) is 162 cm³/mol. The molecule has 3 aliphatic rings. The molecule has 1 N–H and O–H groups in total. The number of amides is 1. The van der Waals surface area contributed by atoms with Crippen LogP contribution in [0.15, 0.2) is 42.5 Å². The Morgan fingerprint density at radius 2 is 1.93 bits per heavy atom. The summed E-state index contributed by atoms with van der Waals surface area (Å²) in [4.78, 5) is 31.0. The van der Waals surface area contributed by atoms with Crippen LogP contribution in [0, 0.1) is 17.8 Å². The fourth-order valence-electron chi connectivity index (χ4n) is 7.23. The van der Waals surface area contributed by atoms with Gasteiger partial charge in [-0.15, -0.1) is 0 Å². The van der Waals surface area contributed by atoms with Crippen molar-refractivity contribution < 1.29 is 19.4 Å². The topological polar surface area (TPSA) is 70.1 Å². The minimum atomic E-state index is -0.332. The Kier molecular flexibility index (Phi) is 9.22. The number of ether oxygens (including phenoxy) is 1. The van der Waals surface area contributed by atoms with Crippen molar-refractivity contribution in [2.75, 3.05) is 26.2 Å². The second-order valence-electron chi connectivity index (χ2n) is 12.9. The zero-order chi connectivity index (χ0) is 29.3. The minimum absolute atomic E-state index is 0.0272. The molecule has 1 unspecified atom stereocenters. The van der Waals surface area contributed by atoms with Crippen LogP contribution in [0.25, 0.3) is 0 Å².